The summed E-state index contributed by atoms with van der Waals surface area (Å²) in [6.45, 7) is 8.56. The van der Waals surface area contributed by atoms with Crippen molar-refractivity contribution in [3.63, 3.8) is 0 Å². The van der Waals surface area contributed by atoms with E-state index in [1.807, 2.05) is 0 Å². The van der Waals surface area contributed by atoms with Crippen LogP contribution in [0.5, 0.6) is 0 Å². The van der Waals surface area contributed by atoms with Gasteiger partial charge < -0.3 is 5.11 Å². The van der Waals surface area contributed by atoms with Crippen LogP contribution in [0.3, 0.4) is 0 Å². The molecule has 0 fully saturated rings. The first-order valence-electron chi connectivity index (χ1n) is 9.13. The van der Waals surface area contributed by atoms with E-state index in [0.29, 0.717) is 0 Å². The van der Waals surface area contributed by atoms with Gasteiger partial charge in [0.05, 0.1) is 0 Å². The number of aliphatic hydroxyl groups is 1. The molecular formula is C19H36N2OS. The maximum Gasteiger partial charge on any atom is 0.104 e. The standard InChI is InChI=1S/C19H36N2OS/c1-19(2,3)23-21-16-10-8-14-18(22)20-15-9-7-13-17-11-5-4-6-12-17/h4-6,11,17-18,20-22H,7-10,12-16H2,1-3H3. The fourth-order valence-electron chi connectivity index (χ4n) is 2.55. The predicted octanol–water partition coefficient (Wildman–Crippen LogP) is 4.40. The molecule has 0 heterocycles. The lowest BCUT2D eigenvalue weighted by Gasteiger charge is -2.18. The third kappa shape index (κ3) is 12.8. The van der Waals surface area contributed by atoms with Crippen LogP contribution < -0.4 is 10.0 Å². The normalized spacial score (nSPS) is 19.2. The molecular weight excluding hydrogens is 304 g/mol. The van der Waals surface area contributed by atoms with Gasteiger partial charge in [0.1, 0.15) is 6.23 Å². The van der Waals surface area contributed by atoms with E-state index >= 15 is 0 Å². The minimum absolute atomic E-state index is 0.269. The summed E-state index contributed by atoms with van der Waals surface area (Å²) in [7, 11) is 0. The van der Waals surface area contributed by atoms with E-state index in [-0.39, 0.29) is 11.0 Å². The average Bonchev–Trinajstić information content (AvgIpc) is 2.50. The Morgan fingerprint density at radius 1 is 1.13 bits per heavy atom. The van der Waals surface area contributed by atoms with Crippen molar-refractivity contribution in [2.24, 2.45) is 5.92 Å². The van der Waals surface area contributed by atoms with Gasteiger partial charge in [0.25, 0.3) is 0 Å². The minimum atomic E-state index is -0.345. The summed E-state index contributed by atoms with van der Waals surface area (Å²) in [4.78, 5) is 0. The highest BCUT2D eigenvalue weighted by Gasteiger charge is 2.09. The fraction of sp³-hybridized carbons (Fsp3) is 0.789. The van der Waals surface area contributed by atoms with Crippen LogP contribution in [0.1, 0.15) is 65.7 Å². The van der Waals surface area contributed by atoms with Gasteiger partial charge in [-0.2, -0.15) is 0 Å². The molecule has 4 heteroatoms. The van der Waals surface area contributed by atoms with Crippen molar-refractivity contribution in [3.05, 3.63) is 24.3 Å². The Morgan fingerprint density at radius 2 is 1.91 bits per heavy atom. The van der Waals surface area contributed by atoms with Crippen LogP contribution >= 0.6 is 11.9 Å². The third-order valence-corrected chi connectivity index (χ3v) is 4.80. The Morgan fingerprint density at radius 3 is 2.61 bits per heavy atom. The summed E-state index contributed by atoms with van der Waals surface area (Å²) >= 11 is 1.79. The molecule has 3 N–H and O–H groups in total. The fourth-order valence-corrected chi connectivity index (χ4v) is 3.23. The van der Waals surface area contributed by atoms with Crippen LogP contribution in [-0.2, 0) is 0 Å². The Balaban J connectivity index is 1.85. The van der Waals surface area contributed by atoms with Gasteiger partial charge in [-0.1, -0.05) is 42.7 Å². The van der Waals surface area contributed by atoms with E-state index in [1.165, 1.54) is 19.3 Å². The van der Waals surface area contributed by atoms with Crippen molar-refractivity contribution < 1.29 is 5.11 Å². The molecule has 0 amide bonds. The molecule has 0 saturated carbocycles. The second-order valence-electron chi connectivity index (χ2n) is 7.38. The first-order valence-corrected chi connectivity index (χ1v) is 9.95. The lowest BCUT2D eigenvalue weighted by molar-refractivity contribution is 0.124. The van der Waals surface area contributed by atoms with Gasteiger partial charge >= 0.3 is 0 Å². The molecule has 134 valence electrons. The van der Waals surface area contributed by atoms with E-state index in [4.69, 9.17) is 0 Å². The molecule has 2 unspecified atom stereocenters. The van der Waals surface area contributed by atoms with Crippen molar-refractivity contribution >= 4 is 11.9 Å². The summed E-state index contributed by atoms with van der Waals surface area (Å²) in [5.41, 5.74) is 0. The Hall–Kier alpha value is -0.290. The number of hydrogen-bond acceptors (Lipinski definition) is 4. The van der Waals surface area contributed by atoms with E-state index in [9.17, 15) is 5.11 Å². The maximum absolute atomic E-state index is 9.93. The van der Waals surface area contributed by atoms with Crippen LogP contribution in [0.15, 0.2) is 24.3 Å². The Labute approximate surface area is 147 Å². The third-order valence-electron chi connectivity index (χ3n) is 3.84. The molecule has 0 aliphatic heterocycles. The number of allylic oxidation sites excluding steroid dienone is 4. The molecule has 0 saturated heterocycles. The van der Waals surface area contributed by atoms with Crippen LogP contribution in [0.4, 0.5) is 0 Å². The monoisotopic (exact) mass is 340 g/mol. The van der Waals surface area contributed by atoms with Crippen molar-refractivity contribution in [3.8, 4) is 0 Å². The molecule has 23 heavy (non-hydrogen) atoms. The molecule has 0 aromatic carbocycles. The number of unbranched alkanes of at least 4 members (excludes halogenated alkanes) is 2. The highest BCUT2D eigenvalue weighted by atomic mass is 32.2. The first kappa shape index (κ1) is 20.8. The first-order chi connectivity index (χ1) is 11.0. The van der Waals surface area contributed by atoms with Gasteiger partial charge in [0.2, 0.25) is 0 Å². The van der Waals surface area contributed by atoms with Crippen LogP contribution in [0, 0.1) is 5.92 Å². The molecule has 1 aliphatic rings. The molecule has 2 atom stereocenters. The SMILES string of the molecule is CC(C)(C)SNCCCCC(O)NCCCCC1C=CC=CC1. The lowest BCUT2D eigenvalue weighted by atomic mass is 9.95. The van der Waals surface area contributed by atoms with E-state index < -0.39 is 0 Å². The number of nitrogens with one attached hydrogen (secondary N) is 2. The van der Waals surface area contributed by atoms with Gasteiger partial charge in [-0.3, -0.25) is 10.0 Å². The highest BCUT2D eigenvalue weighted by molar-refractivity contribution is 7.98. The van der Waals surface area contributed by atoms with E-state index in [0.717, 1.165) is 44.7 Å². The molecule has 1 rings (SSSR count). The molecule has 3 nitrogen and oxygen atoms in total. The largest absolute Gasteiger partial charge is 0.379 e. The molecule has 0 aromatic rings. The molecule has 0 bridgehead atoms. The number of hydrogen-bond donors (Lipinski definition) is 3. The van der Waals surface area contributed by atoms with Gasteiger partial charge in [0.15, 0.2) is 0 Å². The van der Waals surface area contributed by atoms with Gasteiger partial charge in [-0.05, 0) is 71.8 Å². The van der Waals surface area contributed by atoms with E-state index in [2.05, 4.69) is 55.1 Å². The van der Waals surface area contributed by atoms with Crippen molar-refractivity contribution in [2.45, 2.75) is 76.7 Å². The van der Waals surface area contributed by atoms with Gasteiger partial charge in [-0.25, -0.2) is 0 Å². The summed E-state index contributed by atoms with van der Waals surface area (Å²) in [6, 6.07) is 0. The minimum Gasteiger partial charge on any atom is -0.379 e. The van der Waals surface area contributed by atoms with Gasteiger partial charge in [0, 0.05) is 11.3 Å². The molecule has 0 aromatic heterocycles. The zero-order valence-corrected chi connectivity index (χ0v) is 16.0. The second-order valence-corrected chi connectivity index (χ2v) is 9.10. The second kappa shape index (κ2) is 12.1. The molecule has 0 spiro atoms. The van der Waals surface area contributed by atoms with Crippen molar-refractivity contribution in [1.82, 2.24) is 10.0 Å². The Kier molecular flexibility index (Phi) is 10.9. The molecule has 0 radical (unpaired) electrons. The van der Waals surface area contributed by atoms with Crippen LogP contribution in [0.25, 0.3) is 0 Å². The maximum atomic E-state index is 9.93. The van der Waals surface area contributed by atoms with Crippen molar-refractivity contribution in [2.75, 3.05) is 13.1 Å². The predicted molar refractivity (Wildman–Crippen MR) is 103 cm³/mol. The summed E-state index contributed by atoms with van der Waals surface area (Å²) in [5.74, 6) is 0.725. The van der Waals surface area contributed by atoms with Crippen LogP contribution in [-0.4, -0.2) is 29.2 Å². The average molecular weight is 341 g/mol. The number of rotatable bonds is 12. The molecule has 1 aliphatic carbocycles. The summed E-state index contributed by atoms with van der Waals surface area (Å²) in [6.07, 6.45) is 16.4. The zero-order valence-electron chi connectivity index (χ0n) is 15.2. The topological polar surface area (TPSA) is 44.3 Å². The zero-order chi connectivity index (χ0) is 17.0. The summed E-state index contributed by atoms with van der Waals surface area (Å²) in [5, 5.41) is 13.2. The Bertz CT molecular complexity index is 350. The van der Waals surface area contributed by atoms with Gasteiger partial charge in [-0.15, -0.1) is 0 Å². The van der Waals surface area contributed by atoms with Crippen LogP contribution in [0.2, 0.25) is 0 Å². The quantitative estimate of drug-likeness (QED) is 0.280. The van der Waals surface area contributed by atoms with E-state index in [1.54, 1.807) is 11.9 Å². The smallest absolute Gasteiger partial charge is 0.104 e. The lowest BCUT2D eigenvalue weighted by Crippen LogP contribution is -2.29. The number of aliphatic hydroxyl groups excluding tert-OH is 1. The van der Waals surface area contributed by atoms with Crippen molar-refractivity contribution in [1.29, 1.82) is 0 Å². The highest BCUT2D eigenvalue weighted by Crippen LogP contribution is 2.19. The summed E-state index contributed by atoms with van der Waals surface area (Å²) < 4.78 is 3.66.